The van der Waals surface area contributed by atoms with Gasteiger partial charge in [-0.3, -0.25) is 9.47 Å². The Morgan fingerprint density at radius 1 is 1.10 bits per heavy atom. The Kier molecular flexibility index (Phi) is 3.06. The van der Waals surface area contributed by atoms with E-state index in [-0.39, 0.29) is 5.56 Å². The van der Waals surface area contributed by atoms with Crippen molar-refractivity contribution in [3.8, 4) is 0 Å². The Bertz CT molecular complexity index is 794. The normalized spacial score (nSPS) is 10.9. The van der Waals surface area contributed by atoms with Gasteiger partial charge < -0.3 is 10.4 Å². The van der Waals surface area contributed by atoms with E-state index in [1.165, 1.54) is 0 Å². The van der Waals surface area contributed by atoms with E-state index in [2.05, 4.69) is 10.4 Å². The fourth-order valence-corrected chi connectivity index (χ4v) is 2.41. The molecule has 0 bridgehead atoms. The summed E-state index contributed by atoms with van der Waals surface area (Å²) in [5, 5.41) is 1.05. The van der Waals surface area contributed by atoms with Crippen LogP contribution in [-0.4, -0.2) is 9.66 Å². The fourth-order valence-electron chi connectivity index (χ4n) is 2.41. The molecule has 4 nitrogen and oxygen atoms in total. The molecule has 0 aliphatic heterocycles. The summed E-state index contributed by atoms with van der Waals surface area (Å²) in [6.07, 6.45) is 0. The highest BCUT2D eigenvalue weighted by Gasteiger charge is 2.04. The molecule has 0 saturated heterocycles. The predicted molar refractivity (Wildman–Crippen MR) is 81.5 cm³/mol. The molecule has 0 unspecified atom stereocenters. The van der Waals surface area contributed by atoms with E-state index in [1.54, 1.807) is 0 Å². The number of aromatic nitrogens is 2. The smallest absolute Gasteiger partial charge is 0.253 e. The number of nitrogens with zero attached hydrogens (tertiary/aromatic N) is 1. The third kappa shape index (κ3) is 2.20. The van der Waals surface area contributed by atoms with Gasteiger partial charge >= 0.3 is 0 Å². The highest BCUT2D eigenvalue weighted by molar-refractivity contribution is 5.78. The van der Waals surface area contributed by atoms with E-state index in [0.717, 1.165) is 27.9 Å². The highest BCUT2D eigenvalue weighted by atomic mass is 16.1. The van der Waals surface area contributed by atoms with Crippen molar-refractivity contribution in [2.45, 2.75) is 20.4 Å². The molecule has 20 heavy (non-hydrogen) atoms. The summed E-state index contributed by atoms with van der Waals surface area (Å²) in [5.41, 5.74) is 7.09. The fraction of sp³-hybridized carbons (Fsp3) is 0.188. The first-order valence-corrected chi connectivity index (χ1v) is 6.65. The first-order chi connectivity index (χ1) is 9.65. The molecule has 4 heteroatoms. The van der Waals surface area contributed by atoms with Gasteiger partial charge in [-0.25, -0.2) is 0 Å². The minimum absolute atomic E-state index is 0.0429. The van der Waals surface area contributed by atoms with Crippen LogP contribution in [0.25, 0.3) is 10.9 Å². The lowest BCUT2D eigenvalue weighted by atomic mass is 10.1. The van der Waals surface area contributed by atoms with Crippen molar-refractivity contribution in [1.29, 1.82) is 0 Å². The maximum Gasteiger partial charge on any atom is 0.253 e. The Morgan fingerprint density at radius 2 is 1.80 bits per heavy atom. The standard InChI is InChI=1S/C16H17N3O/c1-11-7-8-12(2)19(11)17-10-14-9-13-5-3-4-6-15(13)18-16(14)20/h3-9,17H,10H2,1-2H3,(H,18,20). The third-order valence-electron chi connectivity index (χ3n) is 3.53. The molecular weight excluding hydrogens is 250 g/mol. The zero-order chi connectivity index (χ0) is 14.1. The number of aromatic amines is 1. The van der Waals surface area contributed by atoms with E-state index < -0.39 is 0 Å². The van der Waals surface area contributed by atoms with Gasteiger partial charge in [0, 0.05) is 22.5 Å². The number of nitrogens with one attached hydrogen (secondary N) is 2. The molecular formula is C16H17N3O. The van der Waals surface area contributed by atoms with E-state index >= 15 is 0 Å². The van der Waals surface area contributed by atoms with Crippen LogP contribution in [0.5, 0.6) is 0 Å². The van der Waals surface area contributed by atoms with Gasteiger partial charge in [-0.15, -0.1) is 0 Å². The van der Waals surface area contributed by atoms with Crippen molar-refractivity contribution in [1.82, 2.24) is 9.66 Å². The van der Waals surface area contributed by atoms with Gasteiger partial charge in [0.25, 0.3) is 5.56 Å². The average Bonchev–Trinajstić information content (AvgIpc) is 2.76. The highest BCUT2D eigenvalue weighted by Crippen LogP contribution is 2.10. The largest absolute Gasteiger partial charge is 0.322 e. The van der Waals surface area contributed by atoms with Crippen LogP contribution >= 0.6 is 0 Å². The lowest BCUT2D eigenvalue weighted by Gasteiger charge is -2.12. The average molecular weight is 267 g/mol. The lowest BCUT2D eigenvalue weighted by Crippen LogP contribution is -2.22. The molecule has 3 aromatic rings. The number of fused-ring (bicyclic) bond motifs is 1. The molecule has 1 aromatic carbocycles. The van der Waals surface area contributed by atoms with Gasteiger partial charge in [-0.2, -0.15) is 0 Å². The number of aryl methyl sites for hydroxylation is 2. The SMILES string of the molecule is Cc1ccc(C)n1NCc1cc2ccccc2[nH]c1=O. The van der Waals surface area contributed by atoms with Crippen LogP contribution in [0.2, 0.25) is 0 Å². The number of hydrogen-bond donors (Lipinski definition) is 2. The molecule has 3 rings (SSSR count). The quantitative estimate of drug-likeness (QED) is 0.766. The Labute approximate surface area is 117 Å². The van der Waals surface area contributed by atoms with Gasteiger partial charge in [-0.05, 0) is 43.5 Å². The second kappa shape index (κ2) is 4.89. The molecule has 0 aliphatic carbocycles. The van der Waals surface area contributed by atoms with Gasteiger partial charge in [0.1, 0.15) is 0 Å². The third-order valence-corrected chi connectivity index (χ3v) is 3.53. The van der Waals surface area contributed by atoms with Crippen molar-refractivity contribution in [2.24, 2.45) is 0 Å². The van der Waals surface area contributed by atoms with E-state index in [1.807, 2.05) is 61.0 Å². The van der Waals surface area contributed by atoms with Crippen LogP contribution in [0.3, 0.4) is 0 Å². The first-order valence-electron chi connectivity index (χ1n) is 6.65. The van der Waals surface area contributed by atoms with Crippen molar-refractivity contribution >= 4 is 10.9 Å². The van der Waals surface area contributed by atoms with Gasteiger partial charge in [0.05, 0.1) is 6.54 Å². The Balaban J connectivity index is 1.91. The summed E-state index contributed by atoms with van der Waals surface area (Å²) in [5.74, 6) is 0. The second-order valence-corrected chi connectivity index (χ2v) is 5.00. The van der Waals surface area contributed by atoms with Crippen LogP contribution in [-0.2, 0) is 6.54 Å². The van der Waals surface area contributed by atoms with Gasteiger partial charge in [-0.1, -0.05) is 18.2 Å². The van der Waals surface area contributed by atoms with Gasteiger partial charge in [0.2, 0.25) is 0 Å². The van der Waals surface area contributed by atoms with Crippen LogP contribution in [0.4, 0.5) is 0 Å². The zero-order valence-electron chi connectivity index (χ0n) is 11.6. The molecule has 0 spiro atoms. The Hall–Kier alpha value is -2.49. The number of rotatable bonds is 3. The number of hydrogen-bond acceptors (Lipinski definition) is 2. The molecule has 2 heterocycles. The van der Waals surface area contributed by atoms with Crippen LogP contribution < -0.4 is 11.0 Å². The first kappa shape index (κ1) is 12.5. The van der Waals surface area contributed by atoms with Crippen LogP contribution in [0.15, 0.2) is 47.3 Å². The molecule has 102 valence electrons. The maximum atomic E-state index is 12.1. The zero-order valence-corrected chi connectivity index (χ0v) is 11.6. The molecule has 2 aromatic heterocycles. The number of benzene rings is 1. The second-order valence-electron chi connectivity index (χ2n) is 5.00. The topological polar surface area (TPSA) is 49.8 Å². The number of para-hydroxylation sites is 1. The van der Waals surface area contributed by atoms with Crippen molar-refractivity contribution < 1.29 is 0 Å². The minimum atomic E-state index is -0.0429. The number of H-pyrrole nitrogens is 1. The van der Waals surface area contributed by atoms with Gasteiger partial charge in [0.15, 0.2) is 0 Å². The molecule has 0 radical (unpaired) electrons. The molecule has 0 aliphatic rings. The summed E-state index contributed by atoms with van der Waals surface area (Å²) in [7, 11) is 0. The summed E-state index contributed by atoms with van der Waals surface area (Å²) < 4.78 is 1.99. The predicted octanol–water partition coefficient (Wildman–Crippen LogP) is 2.69. The van der Waals surface area contributed by atoms with Crippen molar-refractivity contribution in [3.05, 3.63) is 69.8 Å². The van der Waals surface area contributed by atoms with Crippen molar-refractivity contribution in [2.75, 3.05) is 5.43 Å². The Morgan fingerprint density at radius 3 is 2.55 bits per heavy atom. The summed E-state index contributed by atoms with van der Waals surface area (Å²) in [4.78, 5) is 15.0. The summed E-state index contributed by atoms with van der Waals surface area (Å²) >= 11 is 0. The van der Waals surface area contributed by atoms with E-state index in [0.29, 0.717) is 6.54 Å². The minimum Gasteiger partial charge on any atom is -0.322 e. The van der Waals surface area contributed by atoms with E-state index in [4.69, 9.17) is 0 Å². The summed E-state index contributed by atoms with van der Waals surface area (Å²) in [6, 6.07) is 13.8. The van der Waals surface area contributed by atoms with E-state index in [9.17, 15) is 4.79 Å². The lowest BCUT2D eigenvalue weighted by molar-refractivity contribution is 0.788. The molecule has 0 fully saturated rings. The molecule has 2 N–H and O–H groups in total. The molecule has 0 saturated carbocycles. The maximum absolute atomic E-state index is 12.1. The molecule has 0 amide bonds. The van der Waals surface area contributed by atoms with Crippen LogP contribution in [0, 0.1) is 13.8 Å². The molecule has 0 atom stereocenters. The summed E-state index contributed by atoms with van der Waals surface area (Å²) in [6.45, 7) is 4.56. The monoisotopic (exact) mass is 267 g/mol. The van der Waals surface area contributed by atoms with Crippen LogP contribution in [0.1, 0.15) is 17.0 Å². The number of pyridine rings is 1. The van der Waals surface area contributed by atoms with Crippen molar-refractivity contribution in [3.63, 3.8) is 0 Å².